The fraction of sp³-hybridized carbons (Fsp3) is 1.00. The molecule has 0 aromatic heterocycles. The molecule has 2 nitrogen and oxygen atoms in total. The fourth-order valence-electron chi connectivity index (χ4n) is 5.79. The maximum Gasteiger partial charge on any atom is 0.192 e. The molecule has 26 heavy (non-hydrogen) atoms. The zero-order valence-electron chi connectivity index (χ0n) is 18.9. The van der Waals surface area contributed by atoms with E-state index in [0.717, 1.165) is 18.3 Å². The Morgan fingerprint density at radius 2 is 1.77 bits per heavy atom. The van der Waals surface area contributed by atoms with Gasteiger partial charge in [-0.2, -0.15) is 0 Å². The molecule has 0 unspecified atom stereocenters. The lowest BCUT2D eigenvalue weighted by Gasteiger charge is -2.45. The molecule has 2 aliphatic rings. The Kier molecular flexibility index (Phi) is 7.11. The smallest absolute Gasteiger partial charge is 0.192 e. The van der Waals surface area contributed by atoms with Crippen LogP contribution in [0.1, 0.15) is 92.9 Å². The van der Waals surface area contributed by atoms with Crippen LogP contribution in [0, 0.1) is 23.2 Å². The van der Waals surface area contributed by atoms with Crippen LogP contribution in [0.2, 0.25) is 18.1 Å². The minimum absolute atomic E-state index is 0.0380. The Bertz CT molecular complexity index is 456. The minimum Gasteiger partial charge on any atom is -0.414 e. The van der Waals surface area contributed by atoms with Gasteiger partial charge in [0.15, 0.2) is 8.32 Å². The third kappa shape index (κ3) is 4.75. The zero-order chi connectivity index (χ0) is 19.8. The molecule has 2 saturated carbocycles. The van der Waals surface area contributed by atoms with Crippen LogP contribution < -0.4 is 0 Å². The lowest BCUT2D eigenvalue weighted by atomic mass is 9.61. The molecule has 2 aliphatic carbocycles. The maximum absolute atomic E-state index is 10.5. The predicted octanol–water partition coefficient (Wildman–Crippen LogP) is 6.78. The summed E-state index contributed by atoms with van der Waals surface area (Å²) in [5, 5.41) is 10.7. The van der Waals surface area contributed by atoms with Crippen LogP contribution in [0.15, 0.2) is 0 Å². The van der Waals surface area contributed by atoms with Crippen LogP contribution in [-0.4, -0.2) is 25.6 Å². The van der Waals surface area contributed by atoms with Crippen molar-refractivity contribution in [1.29, 1.82) is 0 Å². The molecule has 2 rings (SSSR count). The van der Waals surface area contributed by atoms with Gasteiger partial charge in [-0.05, 0) is 80.3 Å². The monoisotopic (exact) mass is 382 g/mol. The molecule has 0 heterocycles. The Morgan fingerprint density at radius 1 is 1.12 bits per heavy atom. The highest BCUT2D eigenvalue weighted by Crippen LogP contribution is 2.58. The molecule has 0 spiro atoms. The van der Waals surface area contributed by atoms with E-state index in [1.54, 1.807) is 0 Å². The van der Waals surface area contributed by atoms with E-state index in [-0.39, 0.29) is 6.10 Å². The molecule has 154 valence electrons. The van der Waals surface area contributed by atoms with Crippen molar-refractivity contribution in [2.45, 2.75) is 123 Å². The average molecular weight is 383 g/mol. The van der Waals surface area contributed by atoms with Gasteiger partial charge in [-0.15, -0.1) is 0 Å². The number of hydrogen-bond acceptors (Lipinski definition) is 2. The predicted molar refractivity (Wildman–Crippen MR) is 115 cm³/mol. The van der Waals surface area contributed by atoms with Crippen molar-refractivity contribution < 1.29 is 9.53 Å². The van der Waals surface area contributed by atoms with Crippen LogP contribution in [0.3, 0.4) is 0 Å². The minimum atomic E-state index is -1.64. The largest absolute Gasteiger partial charge is 0.414 e. The zero-order valence-corrected chi connectivity index (χ0v) is 19.9. The number of aliphatic hydroxyl groups is 1. The summed E-state index contributed by atoms with van der Waals surface area (Å²) in [7, 11) is -1.64. The Labute approximate surface area is 164 Å². The standard InChI is InChI=1S/C23H46O2Si/c1-17(11-9-12-18(2)25-26(7,8)22(3,4)5)19-14-15-20-21(24)13-10-16-23(19,20)6/h17-21,24H,9-16H2,1-8H3/t17-,18-,19-,20+,21+,23-/m1/s1. The quantitative estimate of drug-likeness (QED) is 0.492. The van der Waals surface area contributed by atoms with E-state index in [1.165, 1.54) is 44.9 Å². The Morgan fingerprint density at radius 3 is 2.38 bits per heavy atom. The van der Waals surface area contributed by atoms with E-state index in [1.807, 2.05) is 0 Å². The Hall–Kier alpha value is 0.137. The van der Waals surface area contributed by atoms with E-state index in [2.05, 4.69) is 54.6 Å². The molecule has 6 atom stereocenters. The highest BCUT2D eigenvalue weighted by molar-refractivity contribution is 6.74. The fourth-order valence-corrected chi connectivity index (χ4v) is 7.27. The molecule has 3 heteroatoms. The van der Waals surface area contributed by atoms with Gasteiger partial charge in [-0.25, -0.2) is 0 Å². The first-order chi connectivity index (χ1) is 11.9. The lowest BCUT2D eigenvalue weighted by molar-refractivity contribution is -0.0279. The first-order valence-electron chi connectivity index (χ1n) is 11.2. The van der Waals surface area contributed by atoms with E-state index in [0.29, 0.717) is 22.5 Å². The molecule has 0 radical (unpaired) electrons. The molecule has 0 bridgehead atoms. The highest BCUT2D eigenvalue weighted by Gasteiger charge is 2.52. The number of fused-ring (bicyclic) bond motifs is 1. The highest BCUT2D eigenvalue weighted by atomic mass is 28.4. The topological polar surface area (TPSA) is 29.5 Å². The molecule has 2 fully saturated rings. The van der Waals surface area contributed by atoms with Gasteiger partial charge in [0.1, 0.15) is 0 Å². The van der Waals surface area contributed by atoms with Gasteiger partial charge in [-0.3, -0.25) is 0 Å². The third-order valence-electron chi connectivity index (χ3n) is 8.42. The van der Waals surface area contributed by atoms with Crippen LogP contribution >= 0.6 is 0 Å². The van der Waals surface area contributed by atoms with Crippen LogP contribution in [0.5, 0.6) is 0 Å². The summed E-state index contributed by atoms with van der Waals surface area (Å²) in [5.74, 6) is 2.14. The first kappa shape index (κ1) is 22.4. The molecule has 0 aromatic rings. The third-order valence-corrected chi connectivity index (χ3v) is 13.0. The summed E-state index contributed by atoms with van der Waals surface area (Å²) in [4.78, 5) is 0. The van der Waals surface area contributed by atoms with Crippen molar-refractivity contribution in [2.75, 3.05) is 0 Å². The molecule has 0 amide bonds. The summed E-state index contributed by atoms with van der Waals surface area (Å²) in [6.45, 7) is 18.9. The van der Waals surface area contributed by atoms with E-state index in [4.69, 9.17) is 4.43 Å². The molecule has 0 aliphatic heterocycles. The van der Waals surface area contributed by atoms with Crippen LogP contribution in [0.4, 0.5) is 0 Å². The van der Waals surface area contributed by atoms with Gasteiger partial charge in [0.2, 0.25) is 0 Å². The van der Waals surface area contributed by atoms with Gasteiger partial charge >= 0.3 is 0 Å². The van der Waals surface area contributed by atoms with Crippen molar-refractivity contribution in [3.63, 3.8) is 0 Å². The van der Waals surface area contributed by atoms with Gasteiger partial charge in [0, 0.05) is 6.10 Å². The molecule has 0 aromatic carbocycles. The average Bonchev–Trinajstić information content (AvgIpc) is 2.84. The van der Waals surface area contributed by atoms with Gasteiger partial charge in [0.05, 0.1) is 6.10 Å². The summed E-state index contributed by atoms with van der Waals surface area (Å²) >= 11 is 0. The van der Waals surface area contributed by atoms with E-state index >= 15 is 0 Å². The first-order valence-corrected chi connectivity index (χ1v) is 14.1. The van der Waals surface area contributed by atoms with Gasteiger partial charge < -0.3 is 9.53 Å². The molecule has 0 saturated heterocycles. The summed E-state index contributed by atoms with van der Waals surface area (Å²) in [5.41, 5.74) is 0.389. The SMILES string of the molecule is C[C@H](CCC[C@@H](C)[C@H]1CC[C@H]2[C@@H](O)CCC[C@]12C)O[Si](C)(C)C(C)(C)C. The lowest BCUT2D eigenvalue weighted by Crippen LogP contribution is -2.43. The second-order valence-electron chi connectivity index (χ2n) is 11.4. The number of rotatable bonds is 7. The van der Waals surface area contributed by atoms with Crippen molar-refractivity contribution in [3.05, 3.63) is 0 Å². The molecular formula is C23H46O2Si. The molecular weight excluding hydrogens is 336 g/mol. The number of hydrogen-bond donors (Lipinski definition) is 1. The summed E-state index contributed by atoms with van der Waals surface area (Å²) in [6, 6.07) is 0. The van der Waals surface area contributed by atoms with Crippen molar-refractivity contribution >= 4 is 8.32 Å². The number of aliphatic hydroxyl groups excluding tert-OH is 1. The van der Waals surface area contributed by atoms with Crippen LogP contribution in [0.25, 0.3) is 0 Å². The molecule has 1 N–H and O–H groups in total. The van der Waals surface area contributed by atoms with E-state index in [9.17, 15) is 5.11 Å². The van der Waals surface area contributed by atoms with Gasteiger partial charge in [0.25, 0.3) is 0 Å². The normalized spacial score (nSPS) is 35.2. The maximum atomic E-state index is 10.5. The van der Waals surface area contributed by atoms with Crippen molar-refractivity contribution in [2.24, 2.45) is 23.2 Å². The second-order valence-corrected chi connectivity index (χ2v) is 16.1. The van der Waals surface area contributed by atoms with E-state index < -0.39 is 8.32 Å². The van der Waals surface area contributed by atoms with Crippen LogP contribution in [-0.2, 0) is 4.43 Å². The van der Waals surface area contributed by atoms with Crippen molar-refractivity contribution in [3.8, 4) is 0 Å². The second kappa shape index (κ2) is 8.25. The van der Waals surface area contributed by atoms with Crippen molar-refractivity contribution in [1.82, 2.24) is 0 Å². The summed E-state index contributed by atoms with van der Waals surface area (Å²) < 4.78 is 6.54. The summed E-state index contributed by atoms with van der Waals surface area (Å²) in [6.07, 6.45) is 10.3. The Balaban J connectivity index is 1.81. The van der Waals surface area contributed by atoms with Gasteiger partial charge in [-0.1, -0.05) is 53.9 Å².